The topological polar surface area (TPSA) is 109 Å². The number of likely N-dealkylation sites (tertiary alicyclic amines) is 1. The number of ether oxygens (including phenoxy) is 1. The summed E-state index contributed by atoms with van der Waals surface area (Å²) in [4.78, 5) is 27.5. The predicted molar refractivity (Wildman–Crippen MR) is 150 cm³/mol. The van der Waals surface area contributed by atoms with Crippen LogP contribution in [0.4, 0.5) is 0 Å². The molecule has 1 aliphatic rings. The second-order valence-electron chi connectivity index (χ2n) is 9.79. The lowest BCUT2D eigenvalue weighted by molar-refractivity contribution is -0.138. The summed E-state index contributed by atoms with van der Waals surface area (Å²) in [6.07, 6.45) is 5.64. The summed E-state index contributed by atoms with van der Waals surface area (Å²) in [6.45, 7) is 7.60. The van der Waals surface area contributed by atoms with Crippen molar-refractivity contribution < 1.29 is 14.3 Å². The molecule has 1 aliphatic heterocycles. The van der Waals surface area contributed by atoms with E-state index in [4.69, 9.17) is 10.5 Å². The molecule has 1 heterocycles. The number of carbonyl (C=O) groups excluding carboxylic acids is 2. The Kier molecular flexibility index (Phi) is 12.7. The van der Waals surface area contributed by atoms with Crippen molar-refractivity contribution in [3.8, 4) is 5.75 Å². The third-order valence-corrected chi connectivity index (χ3v) is 6.72. The van der Waals surface area contributed by atoms with Gasteiger partial charge in [0.1, 0.15) is 17.9 Å². The number of benzene rings is 2. The highest BCUT2D eigenvalue weighted by Gasteiger charge is 2.40. The number of nitrogens with one attached hydrogen (secondary N) is 3. The molecular formula is C29H45N5O3. The molecule has 2 aromatic carbocycles. The van der Waals surface area contributed by atoms with Crippen molar-refractivity contribution in [2.75, 3.05) is 45.8 Å². The summed E-state index contributed by atoms with van der Waals surface area (Å²) < 4.78 is 6.25. The fourth-order valence-corrected chi connectivity index (χ4v) is 4.72. The van der Waals surface area contributed by atoms with E-state index in [0.717, 1.165) is 81.3 Å². The van der Waals surface area contributed by atoms with Crippen LogP contribution in [0.15, 0.2) is 42.5 Å². The first-order valence-electron chi connectivity index (χ1n) is 14.0. The Labute approximate surface area is 221 Å². The molecule has 2 amide bonds. The minimum Gasteiger partial charge on any atom is -0.488 e. The molecule has 0 aliphatic carbocycles. The maximum atomic E-state index is 13.0. The molecule has 1 fully saturated rings. The largest absolute Gasteiger partial charge is 0.488 e. The Morgan fingerprint density at radius 1 is 0.946 bits per heavy atom. The van der Waals surface area contributed by atoms with Gasteiger partial charge in [-0.2, -0.15) is 0 Å². The molecule has 8 nitrogen and oxygen atoms in total. The summed E-state index contributed by atoms with van der Waals surface area (Å²) in [7, 11) is 0. The maximum absolute atomic E-state index is 13.0. The Morgan fingerprint density at radius 3 is 2.38 bits per heavy atom. The first-order chi connectivity index (χ1) is 18.1. The van der Waals surface area contributed by atoms with Crippen molar-refractivity contribution in [3.05, 3.63) is 42.5 Å². The molecule has 0 bridgehead atoms. The van der Waals surface area contributed by atoms with Gasteiger partial charge in [-0.3, -0.25) is 9.59 Å². The zero-order valence-electron chi connectivity index (χ0n) is 22.3. The van der Waals surface area contributed by atoms with Crippen LogP contribution >= 0.6 is 0 Å². The van der Waals surface area contributed by atoms with E-state index >= 15 is 0 Å². The molecule has 0 aromatic heterocycles. The van der Waals surface area contributed by atoms with Crippen molar-refractivity contribution >= 4 is 22.6 Å². The first kappa shape index (κ1) is 28.9. The SMILES string of the molecule is CCCC(=O)N1C[C@@H](Oc2ccc3ccccc3c2)C[C@H]1C(=O)NCCCNCCCCNCCCN. The molecule has 3 rings (SSSR count). The molecule has 204 valence electrons. The fraction of sp³-hybridized carbons (Fsp3) is 0.586. The van der Waals surface area contributed by atoms with Crippen molar-refractivity contribution in [1.29, 1.82) is 0 Å². The number of hydrogen-bond donors (Lipinski definition) is 4. The van der Waals surface area contributed by atoms with E-state index in [0.29, 0.717) is 25.9 Å². The van der Waals surface area contributed by atoms with Crippen molar-refractivity contribution in [3.63, 3.8) is 0 Å². The van der Waals surface area contributed by atoms with Crippen LogP contribution in [0.1, 0.15) is 51.9 Å². The highest BCUT2D eigenvalue weighted by atomic mass is 16.5. The van der Waals surface area contributed by atoms with Crippen LogP contribution in [-0.2, 0) is 9.59 Å². The summed E-state index contributed by atoms with van der Waals surface area (Å²) >= 11 is 0. The van der Waals surface area contributed by atoms with Crippen LogP contribution in [0.2, 0.25) is 0 Å². The van der Waals surface area contributed by atoms with Gasteiger partial charge in [0.15, 0.2) is 0 Å². The zero-order valence-corrected chi connectivity index (χ0v) is 22.3. The van der Waals surface area contributed by atoms with Gasteiger partial charge in [0.2, 0.25) is 11.8 Å². The van der Waals surface area contributed by atoms with Gasteiger partial charge in [-0.05, 0) is 87.7 Å². The molecule has 0 saturated carbocycles. The maximum Gasteiger partial charge on any atom is 0.242 e. The summed E-state index contributed by atoms with van der Waals surface area (Å²) in [5.74, 6) is 0.703. The van der Waals surface area contributed by atoms with Gasteiger partial charge in [-0.1, -0.05) is 37.3 Å². The first-order valence-corrected chi connectivity index (χ1v) is 14.0. The number of nitrogens with zero attached hydrogens (tertiary/aromatic N) is 1. The van der Waals surface area contributed by atoms with Crippen LogP contribution in [0.5, 0.6) is 5.75 Å². The number of unbranched alkanes of at least 4 members (excludes halogenated alkanes) is 1. The van der Waals surface area contributed by atoms with Gasteiger partial charge >= 0.3 is 0 Å². The average Bonchev–Trinajstić information content (AvgIpc) is 3.33. The van der Waals surface area contributed by atoms with Crippen LogP contribution < -0.4 is 26.4 Å². The van der Waals surface area contributed by atoms with Crippen molar-refractivity contribution in [2.24, 2.45) is 5.73 Å². The molecule has 0 unspecified atom stereocenters. The van der Waals surface area contributed by atoms with Gasteiger partial charge < -0.3 is 31.3 Å². The van der Waals surface area contributed by atoms with Crippen LogP contribution in [0.25, 0.3) is 10.8 Å². The summed E-state index contributed by atoms with van der Waals surface area (Å²) in [5.41, 5.74) is 5.49. The quantitative estimate of drug-likeness (QED) is 0.243. The summed E-state index contributed by atoms with van der Waals surface area (Å²) in [5, 5.41) is 12.1. The Balaban J connectivity index is 1.40. The highest BCUT2D eigenvalue weighted by Crippen LogP contribution is 2.27. The van der Waals surface area contributed by atoms with Crippen LogP contribution in [0, 0.1) is 0 Å². The lowest BCUT2D eigenvalue weighted by atomic mass is 10.1. The molecule has 2 atom stereocenters. The highest BCUT2D eigenvalue weighted by molar-refractivity contribution is 5.88. The molecule has 5 N–H and O–H groups in total. The average molecular weight is 512 g/mol. The lowest BCUT2D eigenvalue weighted by Gasteiger charge is -2.23. The molecule has 0 radical (unpaired) electrons. The molecule has 1 saturated heterocycles. The summed E-state index contributed by atoms with van der Waals surface area (Å²) in [6, 6.07) is 13.7. The van der Waals surface area contributed by atoms with Gasteiger partial charge in [0, 0.05) is 19.4 Å². The normalized spacial score (nSPS) is 17.3. The molecule has 8 heteroatoms. The van der Waals surface area contributed by atoms with E-state index in [1.54, 1.807) is 4.90 Å². The Morgan fingerprint density at radius 2 is 1.65 bits per heavy atom. The number of amides is 2. The van der Waals surface area contributed by atoms with E-state index < -0.39 is 6.04 Å². The fourth-order valence-electron chi connectivity index (χ4n) is 4.72. The van der Waals surface area contributed by atoms with E-state index in [1.165, 1.54) is 0 Å². The number of fused-ring (bicyclic) bond motifs is 1. The van der Waals surface area contributed by atoms with E-state index in [1.807, 2.05) is 37.3 Å². The van der Waals surface area contributed by atoms with Gasteiger partial charge in [0.05, 0.1) is 6.54 Å². The second-order valence-corrected chi connectivity index (χ2v) is 9.79. The van der Waals surface area contributed by atoms with Gasteiger partial charge in [0.25, 0.3) is 0 Å². The number of hydrogen-bond acceptors (Lipinski definition) is 6. The van der Waals surface area contributed by atoms with Gasteiger partial charge in [-0.15, -0.1) is 0 Å². The molecule has 0 spiro atoms. The monoisotopic (exact) mass is 511 g/mol. The minimum atomic E-state index is -0.482. The van der Waals surface area contributed by atoms with Gasteiger partial charge in [-0.25, -0.2) is 0 Å². The number of nitrogens with two attached hydrogens (primary N) is 1. The van der Waals surface area contributed by atoms with Crippen LogP contribution in [-0.4, -0.2) is 74.7 Å². The van der Waals surface area contributed by atoms with E-state index in [-0.39, 0.29) is 17.9 Å². The third kappa shape index (κ3) is 9.61. The zero-order chi connectivity index (χ0) is 26.3. The molecule has 37 heavy (non-hydrogen) atoms. The Hall–Kier alpha value is -2.68. The van der Waals surface area contributed by atoms with E-state index in [2.05, 4.69) is 28.1 Å². The van der Waals surface area contributed by atoms with Crippen LogP contribution in [0.3, 0.4) is 0 Å². The smallest absolute Gasteiger partial charge is 0.242 e. The van der Waals surface area contributed by atoms with Crippen molar-refractivity contribution in [1.82, 2.24) is 20.9 Å². The molecule has 2 aromatic rings. The standard InChI is InChI=1S/C29H45N5O3/c1-2-9-28(35)34-22-26(37-25-13-12-23-10-3-4-11-24(23)20-25)21-27(34)29(36)33-19-8-18-32-16-6-5-15-31-17-7-14-30/h3-4,10-13,20,26-27,31-32H,2,5-9,14-19,21-22,30H2,1H3,(H,33,36)/t26-,27-/m0/s1. The minimum absolute atomic E-state index is 0.0199. The third-order valence-electron chi connectivity index (χ3n) is 6.72. The number of carbonyl (C=O) groups is 2. The molecular weight excluding hydrogens is 466 g/mol. The van der Waals surface area contributed by atoms with E-state index in [9.17, 15) is 9.59 Å². The number of rotatable bonds is 17. The lowest BCUT2D eigenvalue weighted by Crippen LogP contribution is -2.46. The predicted octanol–water partition coefficient (Wildman–Crippen LogP) is 2.80. The van der Waals surface area contributed by atoms with Crippen molar-refractivity contribution in [2.45, 2.75) is 64.0 Å². The second kappa shape index (κ2) is 16.2. The Bertz CT molecular complexity index is 969.